The van der Waals surface area contributed by atoms with Gasteiger partial charge in [0.2, 0.25) is 0 Å². The van der Waals surface area contributed by atoms with Gasteiger partial charge < -0.3 is 15.2 Å². The first-order valence-electron chi connectivity index (χ1n) is 9.29. The van der Waals surface area contributed by atoms with E-state index in [4.69, 9.17) is 0 Å². The van der Waals surface area contributed by atoms with Crippen LogP contribution in [-0.2, 0) is 6.54 Å². The molecule has 5 nitrogen and oxygen atoms in total. The Bertz CT molecular complexity index is 742. The van der Waals surface area contributed by atoms with Crippen LogP contribution in [-0.4, -0.2) is 65.7 Å². The Morgan fingerprint density at radius 2 is 1.93 bits per heavy atom. The molecule has 2 aromatic rings. The van der Waals surface area contributed by atoms with Gasteiger partial charge in [-0.2, -0.15) is 13.2 Å². The number of nitrogens with one attached hydrogen (secondary N) is 2. The van der Waals surface area contributed by atoms with Gasteiger partial charge >= 0.3 is 6.18 Å². The number of H-pyrrole nitrogens is 1. The van der Waals surface area contributed by atoms with E-state index >= 15 is 0 Å². The van der Waals surface area contributed by atoms with Crippen LogP contribution in [0, 0.1) is 0 Å². The molecule has 1 saturated heterocycles. The fraction of sp³-hybridized carbons (Fsp3) is 0.526. The fourth-order valence-electron chi connectivity index (χ4n) is 3.33. The van der Waals surface area contributed by atoms with E-state index in [0.717, 1.165) is 22.6 Å². The molecule has 1 aromatic carbocycles. The van der Waals surface area contributed by atoms with Crippen molar-refractivity contribution >= 4 is 16.9 Å². The average molecular weight is 381 g/mol. The average Bonchev–Trinajstić information content (AvgIpc) is 3.07. The van der Waals surface area contributed by atoms with Crippen LogP contribution in [0.3, 0.4) is 0 Å². The number of alkyl halides is 3. The van der Waals surface area contributed by atoms with Gasteiger partial charge in [-0.05, 0) is 31.4 Å². The summed E-state index contributed by atoms with van der Waals surface area (Å²) in [6.07, 6.45) is -4.18. The third-order valence-electron chi connectivity index (χ3n) is 4.96. The topological polar surface area (TPSA) is 46.7 Å². The van der Waals surface area contributed by atoms with Crippen molar-refractivity contribution in [2.45, 2.75) is 32.6 Å². The normalized spacial score (nSPS) is 18.1. The molecule has 1 aliphatic heterocycles. The number of rotatable bonds is 4. The Hall–Kier alpha value is -2.22. The molecule has 8 heteroatoms. The number of aliphatic imine (C=N–C) groups is 1. The first kappa shape index (κ1) is 19.5. The Labute approximate surface area is 157 Å². The molecule has 1 unspecified atom stereocenters. The van der Waals surface area contributed by atoms with Gasteiger partial charge in [-0.1, -0.05) is 18.2 Å². The minimum Gasteiger partial charge on any atom is -0.357 e. The van der Waals surface area contributed by atoms with Gasteiger partial charge in [0.05, 0.1) is 6.54 Å². The second-order valence-electron chi connectivity index (χ2n) is 6.79. The molecule has 0 amide bonds. The van der Waals surface area contributed by atoms with Crippen LogP contribution in [0.15, 0.2) is 35.3 Å². The van der Waals surface area contributed by atoms with E-state index < -0.39 is 12.2 Å². The van der Waals surface area contributed by atoms with E-state index in [0.29, 0.717) is 39.3 Å². The Balaban J connectivity index is 1.64. The SMILES string of the molecule is CCNC(=NCc1cc2ccccc2[nH]1)N1CCN(C(C)C(F)(F)F)CC1. The van der Waals surface area contributed by atoms with Crippen molar-refractivity contribution in [1.82, 2.24) is 20.1 Å². The number of halogens is 3. The second kappa shape index (κ2) is 8.21. The van der Waals surface area contributed by atoms with E-state index in [1.54, 1.807) is 0 Å². The smallest absolute Gasteiger partial charge is 0.357 e. The zero-order valence-corrected chi connectivity index (χ0v) is 15.7. The van der Waals surface area contributed by atoms with Gasteiger partial charge in [0.1, 0.15) is 6.04 Å². The second-order valence-corrected chi connectivity index (χ2v) is 6.79. The number of benzene rings is 1. The molecule has 2 heterocycles. The lowest BCUT2D eigenvalue weighted by atomic mass is 10.2. The molecule has 1 aromatic heterocycles. The van der Waals surface area contributed by atoms with Gasteiger partial charge in [0, 0.05) is 43.9 Å². The number of aromatic nitrogens is 1. The standard InChI is InChI=1S/C19H26F3N5/c1-3-23-18(24-13-16-12-15-6-4-5-7-17(15)25-16)27-10-8-26(9-11-27)14(2)19(20,21)22/h4-7,12,14,25H,3,8-11,13H2,1-2H3,(H,23,24). The summed E-state index contributed by atoms with van der Waals surface area (Å²) in [5.41, 5.74) is 2.08. The zero-order valence-electron chi connectivity index (χ0n) is 15.7. The number of fused-ring (bicyclic) bond motifs is 1. The number of guanidine groups is 1. The zero-order chi connectivity index (χ0) is 19.4. The highest BCUT2D eigenvalue weighted by Crippen LogP contribution is 2.25. The summed E-state index contributed by atoms with van der Waals surface area (Å²) in [5, 5.41) is 4.39. The van der Waals surface area contributed by atoms with Gasteiger partial charge in [-0.3, -0.25) is 4.90 Å². The minimum absolute atomic E-state index is 0.372. The molecule has 0 radical (unpaired) electrons. The molecule has 0 saturated carbocycles. The summed E-state index contributed by atoms with van der Waals surface area (Å²) in [6.45, 7) is 6.22. The largest absolute Gasteiger partial charge is 0.403 e. The fourth-order valence-corrected chi connectivity index (χ4v) is 3.33. The summed E-state index contributed by atoms with van der Waals surface area (Å²) in [7, 11) is 0. The van der Waals surface area contributed by atoms with Crippen LogP contribution in [0.1, 0.15) is 19.5 Å². The maximum absolute atomic E-state index is 12.9. The third-order valence-corrected chi connectivity index (χ3v) is 4.96. The van der Waals surface area contributed by atoms with Gasteiger partial charge in [-0.25, -0.2) is 4.99 Å². The monoisotopic (exact) mass is 381 g/mol. The highest BCUT2D eigenvalue weighted by molar-refractivity contribution is 5.81. The number of aromatic amines is 1. The van der Waals surface area contributed by atoms with Crippen molar-refractivity contribution in [3.63, 3.8) is 0 Å². The van der Waals surface area contributed by atoms with E-state index in [2.05, 4.69) is 21.4 Å². The van der Waals surface area contributed by atoms with Gasteiger partial charge in [0.15, 0.2) is 5.96 Å². The van der Waals surface area contributed by atoms with Crippen molar-refractivity contribution in [2.75, 3.05) is 32.7 Å². The number of piperazine rings is 1. The van der Waals surface area contributed by atoms with Crippen molar-refractivity contribution in [3.05, 3.63) is 36.0 Å². The van der Waals surface area contributed by atoms with E-state index in [-0.39, 0.29) is 0 Å². The molecule has 148 valence electrons. The van der Waals surface area contributed by atoms with Crippen LogP contribution >= 0.6 is 0 Å². The highest BCUT2D eigenvalue weighted by atomic mass is 19.4. The summed E-state index contributed by atoms with van der Waals surface area (Å²) >= 11 is 0. The number of hydrogen-bond acceptors (Lipinski definition) is 2. The van der Waals surface area contributed by atoms with Crippen LogP contribution in [0.25, 0.3) is 10.9 Å². The van der Waals surface area contributed by atoms with E-state index in [9.17, 15) is 13.2 Å². The number of para-hydroxylation sites is 1. The predicted molar refractivity (Wildman–Crippen MR) is 102 cm³/mol. The molecule has 1 fully saturated rings. The molecule has 2 N–H and O–H groups in total. The van der Waals surface area contributed by atoms with Crippen molar-refractivity contribution in [3.8, 4) is 0 Å². The molecular formula is C19H26F3N5. The van der Waals surface area contributed by atoms with Crippen LogP contribution < -0.4 is 5.32 Å². The van der Waals surface area contributed by atoms with Crippen LogP contribution in [0.5, 0.6) is 0 Å². The summed E-state index contributed by atoms with van der Waals surface area (Å²) in [6, 6.07) is 8.71. The summed E-state index contributed by atoms with van der Waals surface area (Å²) < 4.78 is 38.7. The van der Waals surface area contributed by atoms with Crippen molar-refractivity contribution < 1.29 is 13.2 Å². The maximum atomic E-state index is 12.9. The Morgan fingerprint density at radius 3 is 2.56 bits per heavy atom. The first-order chi connectivity index (χ1) is 12.9. The molecule has 1 aliphatic rings. The van der Waals surface area contributed by atoms with E-state index in [1.807, 2.05) is 36.1 Å². The van der Waals surface area contributed by atoms with Gasteiger partial charge in [-0.15, -0.1) is 0 Å². The minimum atomic E-state index is -4.18. The van der Waals surface area contributed by atoms with Crippen LogP contribution in [0.4, 0.5) is 13.2 Å². The van der Waals surface area contributed by atoms with Crippen molar-refractivity contribution in [1.29, 1.82) is 0 Å². The molecule has 0 spiro atoms. The van der Waals surface area contributed by atoms with Crippen molar-refractivity contribution in [2.24, 2.45) is 4.99 Å². The third kappa shape index (κ3) is 4.74. The number of hydrogen-bond donors (Lipinski definition) is 2. The summed E-state index contributed by atoms with van der Waals surface area (Å²) in [5.74, 6) is 0.746. The quantitative estimate of drug-likeness (QED) is 0.632. The molecule has 0 bridgehead atoms. The lowest BCUT2D eigenvalue weighted by Gasteiger charge is -2.39. The summed E-state index contributed by atoms with van der Waals surface area (Å²) in [4.78, 5) is 11.5. The lowest BCUT2D eigenvalue weighted by Crippen LogP contribution is -2.56. The Kier molecular flexibility index (Phi) is 5.94. The molecular weight excluding hydrogens is 355 g/mol. The maximum Gasteiger partial charge on any atom is 0.403 e. The number of nitrogens with zero attached hydrogens (tertiary/aromatic N) is 3. The van der Waals surface area contributed by atoms with Crippen LogP contribution in [0.2, 0.25) is 0 Å². The first-order valence-corrected chi connectivity index (χ1v) is 9.29. The van der Waals surface area contributed by atoms with E-state index in [1.165, 1.54) is 11.8 Å². The highest BCUT2D eigenvalue weighted by Gasteiger charge is 2.41. The molecule has 1 atom stereocenters. The molecule has 27 heavy (non-hydrogen) atoms. The molecule has 0 aliphatic carbocycles. The predicted octanol–water partition coefficient (Wildman–Crippen LogP) is 3.20. The lowest BCUT2D eigenvalue weighted by molar-refractivity contribution is -0.181. The Morgan fingerprint density at radius 1 is 1.22 bits per heavy atom. The van der Waals surface area contributed by atoms with Gasteiger partial charge in [0.25, 0.3) is 0 Å². The molecule has 3 rings (SSSR count).